The van der Waals surface area contributed by atoms with E-state index in [4.69, 9.17) is 28.4 Å². The molecule has 436 valence electrons. The summed E-state index contributed by atoms with van der Waals surface area (Å²) in [4.78, 5) is 39.2. The van der Waals surface area contributed by atoms with Crippen molar-refractivity contribution >= 4 is 18.0 Å². The zero-order valence-electron chi connectivity index (χ0n) is 47.1. The number of rotatable bonds is 49. The van der Waals surface area contributed by atoms with E-state index in [1.807, 2.05) is 0 Å². The third kappa shape index (κ3) is 33.1. The van der Waals surface area contributed by atoms with E-state index in [1.165, 1.54) is 186 Å². The number of methoxy groups -OCH3 is 1. The van der Waals surface area contributed by atoms with Gasteiger partial charge in [-0.15, -0.1) is 0 Å². The molecule has 0 aromatic heterocycles. The first-order chi connectivity index (χ1) is 36.6. The fourth-order valence-electron chi connectivity index (χ4n) is 9.80. The Balaban J connectivity index is 1.89. The minimum atomic E-state index is -1.75. The lowest BCUT2D eigenvalue weighted by Gasteiger charge is -2.40. The van der Waals surface area contributed by atoms with Crippen LogP contribution in [-0.4, -0.2) is 120 Å². The minimum absolute atomic E-state index is 0.169. The van der Waals surface area contributed by atoms with E-state index < -0.39 is 87.0 Å². The number of benzene rings is 1. The molecule has 0 bridgehead atoms. The van der Waals surface area contributed by atoms with Gasteiger partial charge >= 0.3 is 18.0 Å². The molecule has 1 aliphatic rings. The summed E-state index contributed by atoms with van der Waals surface area (Å²) in [5.41, 5.74) is 0.194. The molecule has 6 N–H and O–H groups in total. The van der Waals surface area contributed by atoms with Gasteiger partial charge in [0.25, 0.3) is 0 Å². The Morgan fingerprint density at radius 3 is 1.43 bits per heavy atom. The molecule has 1 fully saturated rings. The molecule has 1 aliphatic heterocycles. The van der Waals surface area contributed by atoms with Crippen molar-refractivity contribution < 1.29 is 68.3 Å². The van der Waals surface area contributed by atoms with Crippen molar-refractivity contribution in [3.05, 3.63) is 29.8 Å². The lowest BCUT2D eigenvalue weighted by Crippen LogP contribution is -2.60. The van der Waals surface area contributed by atoms with Crippen molar-refractivity contribution in [2.24, 2.45) is 0 Å². The Labute approximate surface area is 453 Å². The fraction of sp³-hybridized carbons (Fsp3) is 0.850. The molecule has 1 heterocycles. The molecule has 75 heavy (non-hydrogen) atoms. The summed E-state index contributed by atoms with van der Waals surface area (Å²) < 4.78 is 32.7. The van der Waals surface area contributed by atoms with Gasteiger partial charge in [0.15, 0.2) is 6.29 Å². The lowest BCUT2D eigenvalue weighted by molar-refractivity contribution is -0.303. The average Bonchev–Trinajstić information content (AvgIpc) is 3.41. The number of ether oxygens (including phenoxy) is 6. The quantitative estimate of drug-likeness (QED) is 0.0203. The Kier molecular flexibility index (Phi) is 41.7. The van der Waals surface area contributed by atoms with E-state index in [2.05, 4.69) is 19.2 Å². The van der Waals surface area contributed by atoms with Crippen LogP contribution < -0.4 is 10.1 Å². The van der Waals surface area contributed by atoms with Gasteiger partial charge in [0.2, 0.25) is 6.79 Å². The van der Waals surface area contributed by atoms with Crippen molar-refractivity contribution in [2.75, 3.05) is 27.1 Å². The van der Waals surface area contributed by atoms with E-state index in [9.17, 15) is 39.9 Å². The first-order valence-corrected chi connectivity index (χ1v) is 30.1. The summed E-state index contributed by atoms with van der Waals surface area (Å²) in [5.74, 6) is -0.692. The third-order valence-corrected chi connectivity index (χ3v) is 14.7. The van der Waals surface area contributed by atoms with Crippen molar-refractivity contribution in [3.8, 4) is 5.75 Å². The normalized spacial score (nSPS) is 18.8. The molecule has 1 saturated heterocycles. The number of hydrogen-bond acceptors (Lipinski definition) is 14. The SMILES string of the molecule is CCCCCCCCCCCCCCCCCCCCCCCCCC(=O)O[C@H](CCCCCCCCCCCCCC)[C@@H](O)[C@H](CO[C@H]1O[C@H](CO)[C@H](O)[C@H](O)[C@H]1O)NC(=O)OCOC(=O)c1ccc(OC)cc1. The van der Waals surface area contributed by atoms with E-state index >= 15 is 0 Å². The summed E-state index contributed by atoms with van der Waals surface area (Å²) in [6.45, 7) is 2.49. The molecule has 1 aromatic carbocycles. The maximum absolute atomic E-state index is 13.4. The molecular formula is C60H107NO14. The summed E-state index contributed by atoms with van der Waals surface area (Å²) in [5, 5.41) is 55.6. The maximum Gasteiger partial charge on any atom is 0.410 e. The minimum Gasteiger partial charge on any atom is -0.497 e. The molecule has 0 saturated carbocycles. The van der Waals surface area contributed by atoms with Gasteiger partial charge in [0.05, 0.1) is 31.9 Å². The summed E-state index contributed by atoms with van der Waals surface area (Å²) in [7, 11) is 1.50. The predicted molar refractivity (Wildman–Crippen MR) is 294 cm³/mol. The molecule has 0 spiro atoms. The van der Waals surface area contributed by atoms with E-state index in [0.29, 0.717) is 18.6 Å². The van der Waals surface area contributed by atoms with Crippen LogP contribution in [-0.2, 0) is 28.5 Å². The zero-order chi connectivity index (χ0) is 54.6. The highest BCUT2D eigenvalue weighted by Gasteiger charge is 2.45. The van der Waals surface area contributed by atoms with Gasteiger partial charge in [-0.05, 0) is 43.5 Å². The van der Waals surface area contributed by atoms with Crippen molar-refractivity contribution in [2.45, 2.75) is 300 Å². The highest BCUT2D eigenvalue weighted by molar-refractivity contribution is 5.89. The smallest absolute Gasteiger partial charge is 0.410 e. The number of nitrogens with one attached hydrogen (secondary N) is 1. The third-order valence-electron chi connectivity index (χ3n) is 14.7. The number of aliphatic hydroxyl groups is 5. The molecule has 1 amide bonds. The monoisotopic (exact) mass is 1070 g/mol. The standard InChI is InChI=1S/C60H107NO14/c1-4-6-8-10-12-14-16-18-19-20-21-22-23-24-25-26-27-28-30-32-34-36-38-40-53(63)74-51(39-37-35-33-31-29-17-15-13-11-9-7-5-2)54(64)50(46-71-59-57(67)56(66)55(65)52(45-62)75-59)61-60(69)73-47-72-58(68)48-41-43-49(70-3)44-42-48/h41-44,50-52,54-57,59,62,64-67H,4-40,45-47H2,1-3H3,(H,61,69)/t50-,51+,52+,54-,55-,56-,57+,59-/m0/s1. The first-order valence-electron chi connectivity index (χ1n) is 30.1. The second-order valence-electron chi connectivity index (χ2n) is 21.2. The van der Waals surface area contributed by atoms with Crippen LogP contribution in [0.2, 0.25) is 0 Å². The van der Waals surface area contributed by atoms with Crippen LogP contribution in [0.1, 0.15) is 262 Å². The molecule has 2 rings (SSSR count). The number of carbonyl (C=O) groups excluding carboxylic acids is 3. The number of alkyl carbamates (subject to hydrolysis) is 1. The van der Waals surface area contributed by atoms with Gasteiger partial charge in [-0.1, -0.05) is 226 Å². The van der Waals surface area contributed by atoms with Crippen molar-refractivity contribution in [1.82, 2.24) is 5.32 Å². The molecule has 8 atom stereocenters. The maximum atomic E-state index is 13.4. The number of amides is 1. The molecule has 15 nitrogen and oxygen atoms in total. The van der Waals surface area contributed by atoms with Crippen LogP contribution in [0.15, 0.2) is 24.3 Å². The number of aliphatic hydroxyl groups excluding tert-OH is 5. The second-order valence-corrected chi connectivity index (χ2v) is 21.2. The Morgan fingerprint density at radius 1 is 0.573 bits per heavy atom. The number of esters is 2. The van der Waals surface area contributed by atoms with Crippen LogP contribution >= 0.6 is 0 Å². The summed E-state index contributed by atoms with van der Waals surface area (Å²) in [6.07, 6.45) is 31.7. The molecule has 0 radical (unpaired) electrons. The van der Waals surface area contributed by atoms with Gasteiger partial charge in [-0.2, -0.15) is 0 Å². The van der Waals surface area contributed by atoms with E-state index in [0.717, 1.165) is 44.9 Å². The van der Waals surface area contributed by atoms with Gasteiger partial charge in [-0.25, -0.2) is 9.59 Å². The lowest BCUT2D eigenvalue weighted by atomic mass is 9.98. The molecule has 0 aliphatic carbocycles. The van der Waals surface area contributed by atoms with E-state index in [1.54, 1.807) is 12.1 Å². The molecule has 15 heteroatoms. The van der Waals surface area contributed by atoms with Gasteiger partial charge in [-0.3, -0.25) is 4.79 Å². The second kappa shape index (κ2) is 45.9. The topological polar surface area (TPSA) is 220 Å². The first kappa shape index (κ1) is 68.1. The van der Waals surface area contributed by atoms with Crippen molar-refractivity contribution in [1.29, 1.82) is 0 Å². The molecule has 0 unspecified atom stereocenters. The fourth-order valence-corrected chi connectivity index (χ4v) is 9.80. The van der Waals surface area contributed by atoms with Crippen LogP contribution in [0.25, 0.3) is 0 Å². The van der Waals surface area contributed by atoms with Gasteiger partial charge < -0.3 is 59.3 Å². The predicted octanol–water partition coefficient (Wildman–Crippen LogP) is 12.5. The van der Waals surface area contributed by atoms with Crippen LogP contribution in [0.4, 0.5) is 4.79 Å². The molecular weight excluding hydrogens is 959 g/mol. The summed E-state index contributed by atoms with van der Waals surface area (Å²) in [6, 6.07) is 4.81. The van der Waals surface area contributed by atoms with Crippen LogP contribution in [0, 0.1) is 0 Å². The van der Waals surface area contributed by atoms with Crippen LogP contribution in [0.3, 0.4) is 0 Å². The Bertz CT molecular complexity index is 1520. The molecule has 1 aromatic rings. The number of unbranched alkanes of at least 4 members (excludes halogenated alkanes) is 33. The highest BCUT2D eigenvalue weighted by atomic mass is 16.7. The average molecular weight is 1070 g/mol. The zero-order valence-corrected chi connectivity index (χ0v) is 47.1. The Hall–Kier alpha value is -3.05. The van der Waals surface area contributed by atoms with Gasteiger partial charge in [0.1, 0.15) is 42.4 Å². The number of hydrogen-bond donors (Lipinski definition) is 6. The largest absolute Gasteiger partial charge is 0.497 e. The van der Waals surface area contributed by atoms with Crippen LogP contribution in [0.5, 0.6) is 5.75 Å². The van der Waals surface area contributed by atoms with Crippen molar-refractivity contribution in [3.63, 3.8) is 0 Å². The number of carbonyl (C=O) groups is 3. The highest BCUT2D eigenvalue weighted by Crippen LogP contribution is 2.24. The van der Waals surface area contributed by atoms with Gasteiger partial charge in [0, 0.05) is 6.42 Å². The Morgan fingerprint density at radius 2 is 1.00 bits per heavy atom. The van der Waals surface area contributed by atoms with E-state index in [-0.39, 0.29) is 18.4 Å². The summed E-state index contributed by atoms with van der Waals surface area (Å²) >= 11 is 0.